The van der Waals surface area contributed by atoms with E-state index in [0.29, 0.717) is 18.0 Å². The van der Waals surface area contributed by atoms with Gasteiger partial charge in [-0.15, -0.1) is 0 Å². The van der Waals surface area contributed by atoms with E-state index >= 15 is 0 Å². The van der Waals surface area contributed by atoms with Crippen LogP contribution in [0.2, 0.25) is 0 Å². The Morgan fingerprint density at radius 3 is 2.84 bits per heavy atom. The van der Waals surface area contributed by atoms with Gasteiger partial charge in [0.25, 0.3) is 0 Å². The van der Waals surface area contributed by atoms with Crippen LogP contribution in [0.4, 0.5) is 10.5 Å². The first-order valence-electron chi connectivity index (χ1n) is 6.11. The molecule has 0 aliphatic heterocycles. The lowest BCUT2D eigenvalue weighted by Crippen LogP contribution is -2.29. The SMILES string of the molecule is CCCCNC(=O)Nc1cccc(OCC(=O)O)c1. The maximum atomic E-state index is 11.5. The summed E-state index contributed by atoms with van der Waals surface area (Å²) in [5.74, 6) is -0.649. The highest BCUT2D eigenvalue weighted by Crippen LogP contribution is 2.17. The van der Waals surface area contributed by atoms with Crippen LogP contribution in [0.1, 0.15) is 19.8 Å². The van der Waals surface area contributed by atoms with Crippen LogP contribution in [-0.2, 0) is 4.79 Å². The Kier molecular flexibility index (Phi) is 6.21. The fourth-order valence-corrected chi connectivity index (χ4v) is 1.36. The zero-order valence-corrected chi connectivity index (χ0v) is 10.8. The van der Waals surface area contributed by atoms with Gasteiger partial charge in [-0.2, -0.15) is 0 Å². The summed E-state index contributed by atoms with van der Waals surface area (Å²) in [6.45, 7) is 2.26. The number of carboxylic acid groups (broad SMARTS) is 1. The summed E-state index contributed by atoms with van der Waals surface area (Å²) >= 11 is 0. The predicted octanol–water partition coefficient (Wildman–Crippen LogP) is 2.07. The number of rotatable bonds is 7. The van der Waals surface area contributed by atoms with E-state index in [-0.39, 0.29) is 6.03 Å². The van der Waals surface area contributed by atoms with Crippen molar-refractivity contribution < 1.29 is 19.4 Å². The van der Waals surface area contributed by atoms with Crippen LogP contribution in [0.15, 0.2) is 24.3 Å². The summed E-state index contributed by atoms with van der Waals surface area (Å²) in [6.07, 6.45) is 1.94. The summed E-state index contributed by atoms with van der Waals surface area (Å²) < 4.78 is 5.02. The van der Waals surface area contributed by atoms with Crippen molar-refractivity contribution >= 4 is 17.7 Å². The van der Waals surface area contributed by atoms with Crippen molar-refractivity contribution in [3.05, 3.63) is 24.3 Å². The maximum absolute atomic E-state index is 11.5. The minimum atomic E-state index is -1.05. The van der Waals surface area contributed by atoms with Gasteiger partial charge in [-0.1, -0.05) is 19.4 Å². The molecule has 0 aliphatic carbocycles. The van der Waals surface area contributed by atoms with E-state index in [2.05, 4.69) is 10.6 Å². The number of hydrogen-bond donors (Lipinski definition) is 3. The Balaban J connectivity index is 2.47. The minimum absolute atomic E-state index is 0.288. The van der Waals surface area contributed by atoms with Gasteiger partial charge in [-0.25, -0.2) is 9.59 Å². The summed E-state index contributed by atoms with van der Waals surface area (Å²) in [7, 11) is 0. The average molecular weight is 266 g/mol. The number of aliphatic carboxylic acids is 1. The molecule has 1 aromatic carbocycles. The molecule has 0 aromatic heterocycles. The molecule has 3 N–H and O–H groups in total. The predicted molar refractivity (Wildman–Crippen MR) is 71.5 cm³/mol. The third kappa shape index (κ3) is 6.30. The second-order valence-corrected chi connectivity index (χ2v) is 3.94. The number of carbonyl (C=O) groups is 2. The third-order valence-electron chi connectivity index (χ3n) is 2.27. The van der Waals surface area contributed by atoms with Crippen LogP contribution >= 0.6 is 0 Å². The highest BCUT2D eigenvalue weighted by molar-refractivity contribution is 5.89. The van der Waals surface area contributed by atoms with Crippen molar-refractivity contribution in [2.24, 2.45) is 0 Å². The van der Waals surface area contributed by atoms with Gasteiger partial charge in [-0.3, -0.25) is 0 Å². The fraction of sp³-hybridized carbons (Fsp3) is 0.385. The molecule has 0 unspecified atom stereocenters. The number of urea groups is 1. The molecule has 19 heavy (non-hydrogen) atoms. The molecule has 0 spiro atoms. The zero-order valence-electron chi connectivity index (χ0n) is 10.8. The minimum Gasteiger partial charge on any atom is -0.482 e. The van der Waals surface area contributed by atoms with Gasteiger partial charge in [0, 0.05) is 18.3 Å². The van der Waals surface area contributed by atoms with E-state index in [1.54, 1.807) is 24.3 Å². The molecule has 2 amide bonds. The number of benzene rings is 1. The Hall–Kier alpha value is -2.24. The van der Waals surface area contributed by atoms with Gasteiger partial charge < -0.3 is 20.5 Å². The second kappa shape index (κ2) is 7.97. The molecular formula is C13H18N2O4. The topological polar surface area (TPSA) is 87.7 Å². The van der Waals surface area contributed by atoms with E-state index < -0.39 is 12.6 Å². The third-order valence-corrected chi connectivity index (χ3v) is 2.27. The van der Waals surface area contributed by atoms with Crippen molar-refractivity contribution in [2.45, 2.75) is 19.8 Å². The van der Waals surface area contributed by atoms with E-state index in [1.807, 2.05) is 6.92 Å². The maximum Gasteiger partial charge on any atom is 0.341 e. The molecule has 0 atom stereocenters. The number of anilines is 1. The van der Waals surface area contributed by atoms with Crippen molar-refractivity contribution in [3.8, 4) is 5.75 Å². The number of carbonyl (C=O) groups excluding carboxylic acids is 1. The van der Waals surface area contributed by atoms with Crippen LogP contribution < -0.4 is 15.4 Å². The van der Waals surface area contributed by atoms with Crippen LogP contribution in [0, 0.1) is 0 Å². The monoisotopic (exact) mass is 266 g/mol. The van der Waals surface area contributed by atoms with E-state index in [1.165, 1.54) is 0 Å². The molecule has 0 aliphatic rings. The Morgan fingerprint density at radius 1 is 1.37 bits per heavy atom. The molecule has 1 rings (SSSR count). The zero-order chi connectivity index (χ0) is 14.1. The Morgan fingerprint density at radius 2 is 2.16 bits per heavy atom. The normalized spacial score (nSPS) is 9.74. The lowest BCUT2D eigenvalue weighted by Gasteiger charge is -2.09. The van der Waals surface area contributed by atoms with Gasteiger partial charge in [0.05, 0.1) is 0 Å². The van der Waals surface area contributed by atoms with Gasteiger partial charge in [0.15, 0.2) is 6.61 Å². The van der Waals surface area contributed by atoms with Gasteiger partial charge in [-0.05, 0) is 18.6 Å². The molecule has 0 bridgehead atoms. The molecule has 0 fully saturated rings. The Labute approximate surface area is 111 Å². The first-order valence-corrected chi connectivity index (χ1v) is 6.11. The highest BCUT2D eigenvalue weighted by Gasteiger charge is 2.03. The molecule has 6 heteroatoms. The van der Waals surface area contributed by atoms with E-state index in [9.17, 15) is 9.59 Å². The molecule has 0 saturated heterocycles. The number of carboxylic acids is 1. The molecule has 104 valence electrons. The average Bonchev–Trinajstić information content (AvgIpc) is 2.37. The number of amides is 2. The van der Waals surface area contributed by atoms with Crippen LogP contribution in [0.5, 0.6) is 5.75 Å². The molecule has 1 aromatic rings. The number of nitrogens with one attached hydrogen (secondary N) is 2. The van der Waals surface area contributed by atoms with E-state index in [4.69, 9.17) is 9.84 Å². The molecule has 0 heterocycles. The van der Waals surface area contributed by atoms with Crippen molar-refractivity contribution in [1.82, 2.24) is 5.32 Å². The lowest BCUT2D eigenvalue weighted by atomic mass is 10.3. The summed E-state index contributed by atoms with van der Waals surface area (Å²) in [6, 6.07) is 6.29. The number of hydrogen-bond acceptors (Lipinski definition) is 3. The molecular weight excluding hydrogens is 248 g/mol. The van der Waals surface area contributed by atoms with Crippen LogP contribution in [0.3, 0.4) is 0 Å². The van der Waals surface area contributed by atoms with Crippen molar-refractivity contribution in [1.29, 1.82) is 0 Å². The van der Waals surface area contributed by atoms with E-state index in [0.717, 1.165) is 12.8 Å². The quantitative estimate of drug-likeness (QED) is 0.659. The standard InChI is InChI=1S/C13H18N2O4/c1-2-3-7-14-13(18)15-10-5-4-6-11(8-10)19-9-12(16)17/h4-6,8H,2-3,7,9H2,1H3,(H,16,17)(H2,14,15,18). The first kappa shape index (κ1) is 14.8. The molecule has 0 saturated carbocycles. The van der Waals surface area contributed by atoms with Crippen LogP contribution in [0.25, 0.3) is 0 Å². The fourth-order valence-electron chi connectivity index (χ4n) is 1.36. The van der Waals surface area contributed by atoms with Gasteiger partial charge in [0.1, 0.15) is 5.75 Å². The summed E-state index contributed by atoms with van der Waals surface area (Å²) in [4.78, 5) is 21.9. The second-order valence-electron chi connectivity index (χ2n) is 3.94. The summed E-state index contributed by atoms with van der Waals surface area (Å²) in [5, 5.41) is 13.9. The first-order chi connectivity index (χ1) is 9.11. The molecule has 6 nitrogen and oxygen atoms in total. The number of ether oxygens (including phenoxy) is 1. The largest absolute Gasteiger partial charge is 0.482 e. The number of unbranched alkanes of at least 4 members (excludes halogenated alkanes) is 1. The van der Waals surface area contributed by atoms with Crippen molar-refractivity contribution in [2.75, 3.05) is 18.5 Å². The lowest BCUT2D eigenvalue weighted by molar-refractivity contribution is -0.139. The summed E-state index contributed by atoms with van der Waals surface area (Å²) in [5.41, 5.74) is 0.553. The van der Waals surface area contributed by atoms with Gasteiger partial charge in [0.2, 0.25) is 0 Å². The van der Waals surface area contributed by atoms with Crippen molar-refractivity contribution in [3.63, 3.8) is 0 Å². The highest BCUT2D eigenvalue weighted by atomic mass is 16.5. The smallest absolute Gasteiger partial charge is 0.341 e. The molecule has 0 radical (unpaired) electrons. The Bertz CT molecular complexity index is 434. The van der Waals surface area contributed by atoms with Gasteiger partial charge >= 0.3 is 12.0 Å². The van der Waals surface area contributed by atoms with Crippen LogP contribution in [-0.4, -0.2) is 30.3 Å².